The lowest BCUT2D eigenvalue weighted by Gasteiger charge is -2.20. The Balaban J connectivity index is 1.61. The van der Waals surface area contributed by atoms with Crippen LogP contribution in [-0.4, -0.2) is 25.1 Å². The monoisotopic (exact) mass is 432 g/mol. The number of thiazole rings is 1. The van der Waals surface area contributed by atoms with Crippen molar-refractivity contribution in [3.05, 3.63) is 83.9 Å². The van der Waals surface area contributed by atoms with Crippen LogP contribution in [0.5, 0.6) is 11.5 Å². The summed E-state index contributed by atoms with van der Waals surface area (Å²) in [6.07, 6.45) is 0.972. The molecule has 4 aromatic rings. The lowest BCUT2D eigenvalue weighted by atomic mass is 10.1. The molecule has 5 nitrogen and oxygen atoms in total. The average Bonchev–Trinajstić information content (AvgIpc) is 3.24. The molecule has 0 aliphatic rings. The number of fused-ring (bicyclic) bond motifs is 1. The van der Waals surface area contributed by atoms with E-state index in [1.54, 1.807) is 19.1 Å². The van der Waals surface area contributed by atoms with Crippen molar-refractivity contribution in [1.29, 1.82) is 0 Å². The van der Waals surface area contributed by atoms with Crippen LogP contribution < -0.4 is 14.4 Å². The van der Waals surface area contributed by atoms with E-state index in [1.807, 2.05) is 72.8 Å². The van der Waals surface area contributed by atoms with Gasteiger partial charge >= 0.3 is 0 Å². The fraction of sp³-hybridized carbons (Fsp3) is 0.200. The minimum Gasteiger partial charge on any atom is -0.497 e. The van der Waals surface area contributed by atoms with Crippen LogP contribution in [-0.2, 0) is 17.8 Å². The summed E-state index contributed by atoms with van der Waals surface area (Å²) in [4.78, 5) is 19.9. The molecule has 3 aromatic carbocycles. The van der Waals surface area contributed by atoms with Gasteiger partial charge in [-0.1, -0.05) is 59.9 Å². The molecule has 0 spiro atoms. The summed E-state index contributed by atoms with van der Waals surface area (Å²) in [5.74, 6) is 1.61. The second kappa shape index (κ2) is 9.62. The Labute approximate surface area is 185 Å². The Morgan fingerprint density at radius 2 is 1.74 bits per heavy atom. The number of benzene rings is 3. The van der Waals surface area contributed by atoms with E-state index in [1.165, 1.54) is 11.3 Å². The molecule has 4 rings (SSSR count). The summed E-state index contributed by atoms with van der Waals surface area (Å²) in [6.45, 7) is 0.475. The molecule has 0 aliphatic carbocycles. The maximum atomic E-state index is 13.3. The molecule has 0 radical (unpaired) electrons. The van der Waals surface area contributed by atoms with Crippen molar-refractivity contribution in [3.8, 4) is 11.5 Å². The van der Waals surface area contributed by atoms with Crippen LogP contribution in [0.15, 0.2) is 72.8 Å². The fourth-order valence-electron chi connectivity index (χ4n) is 3.45. The Kier molecular flexibility index (Phi) is 6.48. The van der Waals surface area contributed by atoms with E-state index in [4.69, 9.17) is 14.5 Å². The SMILES string of the molecule is COc1ccc2nc(N(Cc3ccccc3)C(=O)CCc3ccccc3OC)sc2c1. The van der Waals surface area contributed by atoms with Crippen molar-refractivity contribution in [2.24, 2.45) is 0 Å². The third-order valence-corrected chi connectivity index (χ3v) is 6.14. The number of para-hydroxylation sites is 1. The van der Waals surface area contributed by atoms with Gasteiger partial charge in [-0.25, -0.2) is 4.98 Å². The van der Waals surface area contributed by atoms with Crippen LogP contribution in [0, 0.1) is 0 Å². The van der Waals surface area contributed by atoms with Crippen LogP contribution in [0.1, 0.15) is 17.5 Å². The second-order valence-corrected chi connectivity index (χ2v) is 8.12. The van der Waals surface area contributed by atoms with Gasteiger partial charge in [-0.3, -0.25) is 9.69 Å². The van der Waals surface area contributed by atoms with Crippen LogP contribution in [0.4, 0.5) is 5.13 Å². The molecule has 0 saturated heterocycles. The molecule has 6 heteroatoms. The van der Waals surface area contributed by atoms with Gasteiger partial charge in [-0.2, -0.15) is 0 Å². The second-order valence-electron chi connectivity index (χ2n) is 7.11. The van der Waals surface area contributed by atoms with E-state index < -0.39 is 0 Å². The van der Waals surface area contributed by atoms with Gasteiger partial charge in [0.1, 0.15) is 11.5 Å². The minimum atomic E-state index is 0.0285. The first-order valence-electron chi connectivity index (χ1n) is 10.1. The van der Waals surface area contributed by atoms with Crippen molar-refractivity contribution in [1.82, 2.24) is 4.98 Å². The largest absolute Gasteiger partial charge is 0.497 e. The standard InChI is InChI=1S/C25H24N2O3S/c1-29-20-13-14-21-23(16-20)31-25(26-21)27(17-18-8-4-3-5-9-18)24(28)15-12-19-10-6-7-11-22(19)30-2/h3-11,13-14,16H,12,15,17H2,1-2H3. The van der Waals surface area contributed by atoms with E-state index in [0.29, 0.717) is 24.5 Å². The molecule has 31 heavy (non-hydrogen) atoms. The molecule has 0 atom stereocenters. The molecule has 1 amide bonds. The van der Waals surface area contributed by atoms with Gasteiger partial charge in [0.25, 0.3) is 0 Å². The van der Waals surface area contributed by atoms with Crippen LogP contribution in [0.25, 0.3) is 10.2 Å². The van der Waals surface area contributed by atoms with Crippen LogP contribution in [0.2, 0.25) is 0 Å². The van der Waals surface area contributed by atoms with Crippen LogP contribution >= 0.6 is 11.3 Å². The zero-order chi connectivity index (χ0) is 21.6. The number of amides is 1. The van der Waals surface area contributed by atoms with Gasteiger partial charge in [0.15, 0.2) is 5.13 Å². The molecule has 0 bridgehead atoms. The molecule has 0 saturated carbocycles. The van der Waals surface area contributed by atoms with Gasteiger partial charge in [0, 0.05) is 6.42 Å². The van der Waals surface area contributed by atoms with E-state index >= 15 is 0 Å². The van der Waals surface area contributed by atoms with Crippen molar-refractivity contribution in [2.45, 2.75) is 19.4 Å². The van der Waals surface area contributed by atoms with Gasteiger partial charge < -0.3 is 9.47 Å². The molecule has 0 aliphatic heterocycles. The van der Waals surface area contributed by atoms with E-state index in [0.717, 1.165) is 32.8 Å². The Bertz CT molecular complexity index is 1170. The Hall–Kier alpha value is -3.38. The summed E-state index contributed by atoms with van der Waals surface area (Å²) >= 11 is 1.50. The fourth-order valence-corrected chi connectivity index (χ4v) is 4.46. The zero-order valence-electron chi connectivity index (χ0n) is 17.6. The highest BCUT2D eigenvalue weighted by atomic mass is 32.1. The number of carbonyl (C=O) groups excluding carboxylic acids is 1. The number of aryl methyl sites for hydroxylation is 1. The molecule has 1 aromatic heterocycles. The van der Waals surface area contributed by atoms with Gasteiger partial charge in [-0.05, 0) is 41.8 Å². The number of rotatable bonds is 8. The summed E-state index contributed by atoms with van der Waals surface area (Å²) in [6, 6.07) is 23.6. The van der Waals surface area contributed by atoms with E-state index in [9.17, 15) is 4.79 Å². The number of hydrogen-bond donors (Lipinski definition) is 0. The number of methoxy groups -OCH3 is 2. The number of hydrogen-bond acceptors (Lipinski definition) is 5. The molecule has 1 heterocycles. The van der Waals surface area contributed by atoms with Gasteiger partial charge in [-0.15, -0.1) is 0 Å². The summed E-state index contributed by atoms with van der Waals surface area (Å²) < 4.78 is 11.8. The predicted octanol–water partition coefficient (Wildman–Crippen LogP) is 5.48. The summed E-state index contributed by atoms with van der Waals surface area (Å²) in [7, 11) is 3.30. The maximum Gasteiger partial charge on any atom is 0.229 e. The third-order valence-electron chi connectivity index (χ3n) is 5.10. The third kappa shape index (κ3) is 4.86. The van der Waals surface area contributed by atoms with Gasteiger partial charge in [0.2, 0.25) is 5.91 Å². The first-order valence-corrected chi connectivity index (χ1v) is 10.9. The number of ether oxygens (including phenoxy) is 2. The topological polar surface area (TPSA) is 51.7 Å². The predicted molar refractivity (Wildman–Crippen MR) is 125 cm³/mol. The first kappa shape index (κ1) is 20.9. The number of carbonyl (C=O) groups is 1. The van der Waals surface area contributed by atoms with Crippen molar-refractivity contribution >= 4 is 32.6 Å². The maximum absolute atomic E-state index is 13.3. The molecule has 0 unspecified atom stereocenters. The quantitative estimate of drug-likeness (QED) is 0.370. The summed E-state index contributed by atoms with van der Waals surface area (Å²) in [5.41, 5.74) is 2.94. The van der Waals surface area contributed by atoms with Crippen molar-refractivity contribution < 1.29 is 14.3 Å². The highest BCUT2D eigenvalue weighted by Crippen LogP contribution is 2.33. The lowest BCUT2D eigenvalue weighted by molar-refractivity contribution is -0.118. The number of nitrogens with zero attached hydrogens (tertiary/aromatic N) is 2. The Morgan fingerprint density at radius 3 is 2.52 bits per heavy atom. The molecular formula is C25H24N2O3S. The Morgan fingerprint density at radius 1 is 0.968 bits per heavy atom. The lowest BCUT2D eigenvalue weighted by Crippen LogP contribution is -2.30. The molecule has 0 fully saturated rings. The van der Waals surface area contributed by atoms with E-state index in [-0.39, 0.29) is 5.91 Å². The zero-order valence-corrected chi connectivity index (χ0v) is 18.4. The smallest absolute Gasteiger partial charge is 0.229 e. The average molecular weight is 433 g/mol. The molecule has 158 valence electrons. The molecular weight excluding hydrogens is 408 g/mol. The van der Waals surface area contributed by atoms with Crippen molar-refractivity contribution in [3.63, 3.8) is 0 Å². The minimum absolute atomic E-state index is 0.0285. The molecule has 0 N–H and O–H groups in total. The van der Waals surface area contributed by atoms with Crippen LogP contribution in [0.3, 0.4) is 0 Å². The summed E-state index contributed by atoms with van der Waals surface area (Å²) in [5, 5.41) is 0.692. The van der Waals surface area contributed by atoms with Gasteiger partial charge in [0.05, 0.1) is 31.0 Å². The first-order chi connectivity index (χ1) is 15.2. The number of anilines is 1. The highest BCUT2D eigenvalue weighted by molar-refractivity contribution is 7.22. The highest BCUT2D eigenvalue weighted by Gasteiger charge is 2.21. The number of aromatic nitrogens is 1. The van der Waals surface area contributed by atoms with Crippen molar-refractivity contribution in [2.75, 3.05) is 19.1 Å². The van der Waals surface area contributed by atoms with E-state index in [2.05, 4.69) is 0 Å². The normalized spacial score (nSPS) is 10.8.